The summed E-state index contributed by atoms with van der Waals surface area (Å²) < 4.78 is 29.6. The first-order valence-electron chi connectivity index (χ1n) is 5.86. The zero-order chi connectivity index (χ0) is 13.8. The Balaban J connectivity index is 3.05. The monoisotopic (exact) mass is 334 g/mol. The van der Waals surface area contributed by atoms with Crippen molar-refractivity contribution < 1.29 is 13.2 Å². The van der Waals surface area contributed by atoms with Crippen LogP contribution in [0, 0.1) is 13.8 Å². The number of benzene rings is 1. The summed E-state index contributed by atoms with van der Waals surface area (Å²) in [5, 5.41) is 0.836. The molecule has 0 N–H and O–H groups in total. The van der Waals surface area contributed by atoms with Crippen LogP contribution in [0.5, 0.6) is 5.75 Å². The molecule has 5 heteroatoms. The van der Waals surface area contributed by atoms with Gasteiger partial charge in [0.15, 0.2) is 9.84 Å². The maximum absolute atomic E-state index is 12.2. The highest BCUT2D eigenvalue weighted by Crippen LogP contribution is 2.26. The molecule has 1 aromatic rings. The van der Waals surface area contributed by atoms with E-state index in [1.807, 2.05) is 6.92 Å². The van der Waals surface area contributed by atoms with Gasteiger partial charge in [-0.25, -0.2) is 8.42 Å². The fraction of sp³-hybridized carbons (Fsp3) is 0.538. The van der Waals surface area contributed by atoms with Crippen molar-refractivity contribution >= 4 is 25.8 Å². The van der Waals surface area contributed by atoms with Gasteiger partial charge in [0, 0.05) is 5.33 Å². The Morgan fingerprint density at radius 2 is 1.83 bits per heavy atom. The molecule has 0 bridgehead atoms. The van der Waals surface area contributed by atoms with Gasteiger partial charge in [0.05, 0.1) is 17.8 Å². The van der Waals surface area contributed by atoms with Crippen molar-refractivity contribution in [1.29, 1.82) is 0 Å². The minimum atomic E-state index is -3.19. The molecule has 0 unspecified atom stereocenters. The van der Waals surface area contributed by atoms with E-state index in [9.17, 15) is 8.42 Å². The van der Waals surface area contributed by atoms with Crippen LogP contribution in [0.25, 0.3) is 0 Å². The van der Waals surface area contributed by atoms with E-state index in [1.54, 1.807) is 26.2 Å². The number of sulfone groups is 1. The highest BCUT2D eigenvalue weighted by atomic mass is 79.9. The highest BCUT2D eigenvalue weighted by Gasteiger charge is 2.18. The summed E-state index contributed by atoms with van der Waals surface area (Å²) in [6.45, 7) is 3.66. The minimum Gasteiger partial charge on any atom is -0.496 e. The van der Waals surface area contributed by atoms with Crippen molar-refractivity contribution in [2.45, 2.75) is 31.6 Å². The lowest BCUT2D eigenvalue weighted by molar-refractivity contribution is 0.411. The molecule has 18 heavy (non-hydrogen) atoms. The Morgan fingerprint density at radius 1 is 1.17 bits per heavy atom. The molecule has 0 spiro atoms. The molecule has 0 aliphatic rings. The van der Waals surface area contributed by atoms with E-state index < -0.39 is 9.84 Å². The molecule has 3 nitrogen and oxygen atoms in total. The van der Waals surface area contributed by atoms with Crippen molar-refractivity contribution in [3.05, 3.63) is 23.3 Å². The molecular formula is C13H19BrO3S. The van der Waals surface area contributed by atoms with Crippen molar-refractivity contribution in [2.75, 3.05) is 18.2 Å². The molecule has 0 atom stereocenters. The van der Waals surface area contributed by atoms with Crippen molar-refractivity contribution in [2.24, 2.45) is 0 Å². The van der Waals surface area contributed by atoms with Crippen LogP contribution in [0.4, 0.5) is 0 Å². The summed E-state index contributed by atoms with van der Waals surface area (Å²) in [7, 11) is -1.60. The van der Waals surface area contributed by atoms with Gasteiger partial charge in [0.2, 0.25) is 0 Å². The van der Waals surface area contributed by atoms with Gasteiger partial charge in [-0.1, -0.05) is 15.9 Å². The lowest BCUT2D eigenvalue weighted by Gasteiger charge is -2.11. The molecule has 0 saturated heterocycles. The number of aryl methyl sites for hydroxylation is 2. The highest BCUT2D eigenvalue weighted by molar-refractivity contribution is 9.09. The third-order valence-electron chi connectivity index (χ3n) is 2.82. The number of rotatable bonds is 6. The average molecular weight is 335 g/mol. The number of ether oxygens (including phenoxy) is 1. The molecular weight excluding hydrogens is 316 g/mol. The first-order valence-corrected chi connectivity index (χ1v) is 8.63. The molecule has 0 fully saturated rings. The smallest absolute Gasteiger partial charge is 0.178 e. The summed E-state index contributed by atoms with van der Waals surface area (Å²) in [5.41, 5.74) is 1.60. The number of hydrogen-bond donors (Lipinski definition) is 0. The Kier molecular flexibility index (Phi) is 5.66. The lowest BCUT2D eigenvalue weighted by atomic mass is 10.1. The van der Waals surface area contributed by atoms with Gasteiger partial charge in [-0.15, -0.1) is 0 Å². The van der Waals surface area contributed by atoms with E-state index in [0.29, 0.717) is 11.3 Å². The Hall–Kier alpha value is -0.550. The van der Waals surface area contributed by atoms with Crippen molar-refractivity contribution in [3.8, 4) is 5.75 Å². The molecule has 1 aromatic carbocycles. The number of halogens is 1. The van der Waals surface area contributed by atoms with Gasteiger partial charge in [0.25, 0.3) is 0 Å². The molecule has 0 heterocycles. The van der Waals surface area contributed by atoms with Gasteiger partial charge < -0.3 is 4.74 Å². The number of unbranched alkanes of at least 4 members (excludes halogenated alkanes) is 1. The second-order valence-corrected chi connectivity index (χ2v) is 7.17. The summed E-state index contributed by atoms with van der Waals surface area (Å²) in [4.78, 5) is 0.426. The first-order chi connectivity index (χ1) is 8.42. The van der Waals surface area contributed by atoms with Crippen LogP contribution in [0.2, 0.25) is 0 Å². The van der Waals surface area contributed by atoms with Gasteiger partial charge in [-0.2, -0.15) is 0 Å². The Bertz CT molecular complexity index is 509. The van der Waals surface area contributed by atoms with Crippen molar-refractivity contribution in [3.63, 3.8) is 0 Å². The Morgan fingerprint density at radius 3 is 2.39 bits per heavy atom. The zero-order valence-electron chi connectivity index (χ0n) is 11.0. The fourth-order valence-corrected chi connectivity index (χ4v) is 3.92. The lowest BCUT2D eigenvalue weighted by Crippen LogP contribution is -2.09. The zero-order valence-corrected chi connectivity index (χ0v) is 13.4. The molecule has 0 amide bonds. The molecule has 0 aromatic heterocycles. The third-order valence-corrected chi connectivity index (χ3v) is 5.32. The van der Waals surface area contributed by atoms with Crippen LogP contribution >= 0.6 is 15.9 Å². The molecule has 0 aliphatic heterocycles. The van der Waals surface area contributed by atoms with E-state index in [0.717, 1.165) is 28.6 Å². The second-order valence-electron chi connectivity index (χ2n) is 4.30. The summed E-state index contributed by atoms with van der Waals surface area (Å²) in [5.74, 6) is 0.928. The van der Waals surface area contributed by atoms with E-state index in [2.05, 4.69) is 15.9 Å². The quantitative estimate of drug-likeness (QED) is 0.592. The van der Waals surface area contributed by atoms with Crippen LogP contribution < -0.4 is 4.74 Å². The average Bonchev–Trinajstić information content (AvgIpc) is 2.31. The predicted octanol–water partition coefficient (Wildman–Crippen LogP) is 3.26. The SMILES string of the molecule is COc1cc(C)c(S(=O)(=O)CCCCBr)cc1C. The number of alkyl halides is 1. The molecule has 0 saturated carbocycles. The maximum atomic E-state index is 12.2. The standard InChI is InChI=1S/C13H19BrO3S/c1-10-9-13(11(2)8-12(10)17-3)18(15,16)7-5-4-6-14/h8-9H,4-7H2,1-3H3. The molecule has 0 radical (unpaired) electrons. The van der Waals surface area contributed by atoms with Gasteiger partial charge >= 0.3 is 0 Å². The van der Waals surface area contributed by atoms with Crippen LogP contribution in [-0.4, -0.2) is 26.6 Å². The van der Waals surface area contributed by atoms with Crippen LogP contribution in [0.3, 0.4) is 0 Å². The normalized spacial score (nSPS) is 11.6. The number of hydrogen-bond acceptors (Lipinski definition) is 3. The van der Waals surface area contributed by atoms with Crippen LogP contribution in [-0.2, 0) is 9.84 Å². The van der Waals surface area contributed by atoms with E-state index in [-0.39, 0.29) is 5.75 Å². The van der Waals surface area contributed by atoms with E-state index in [1.165, 1.54) is 0 Å². The van der Waals surface area contributed by atoms with Gasteiger partial charge in [-0.05, 0) is 49.9 Å². The summed E-state index contributed by atoms with van der Waals surface area (Å²) >= 11 is 3.31. The summed E-state index contributed by atoms with van der Waals surface area (Å²) in [6.07, 6.45) is 1.55. The topological polar surface area (TPSA) is 43.4 Å². The molecule has 0 aliphatic carbocycles. The summed E-state index contributed by atoms with van der Waals surface area (Å²) in [6, 6.07) is 3.49. The molecule has 1 rings (SSSR count). The van der Waals surface area contributed by atoms with Crippen LogP contribution in [0.15, 0.2) is 17.0 Å². The number of methoxy groups -OCH3 is 1. The molecule has 102 valence electrons. The maximum Gasteiger partial charge on any atom is 0.178 e. The largest absolute Gasteiger partial charge is 0.496 e. The van der Waals surface area contributed by atoms with Crippen molar-refractivity contribution in [1.82, 2.24) is 0 Å². The van der Waals surface area contributed by atoms with Crippen LogP contribution in [0.1, 0.15) is 24.0 Å². The predicted molar refractivity (Wildman–Crippen MR) is 77.5 cm³/mol. The fourth-order valence-electron chi connectivity index (χ4n) is 1.81. The third kappa shape index (κ3) is 3.72. The first kappa shape index (κ1) is 15.5. The second kappa shape index (κ2) is 6.57. The van der Waals surface area contributed by atoms with Gasteiger partial charge in [0.1, 0.15) is 5.75 Å². The minimum absolute atomic E-state index is 0.200. The van der Waals surface area contributed by atoms with E-state index >= 15 is 0 Å². The Labute approximate surface area is 118 Å². The van der Waals surface area contributed by atoms with Gasteiger partial charge in [-0.3, -0.25) is 0 Å². The van der Waals surface area contributed by atoms with E-state index in [4.69, 9.17) is 4.74 Å².